The van der Waals surface area contributed by atoms with E-state index in [1.807, 2.05) is 4.68 Å². The fourth-order valence-corrected chi connectivity index (χ4v) is 2.87. The molecule has 0 bridgehead atoms. The van der Waals surface area contributed by atoms with Crippen LogP contribution in [0.15, 0.2) is 6.20 Å². The summed E-state index contributed by atoms with van der Waals surface area (Å²) in [5, 5.41) is 11.9. The van der Waals surface area contributed by atoms with Gasteiger partial charge < -0.3 is 10.2 Å². The molecule has 1 unspecified atom stereocenters. The van der Waals surface area contributed by atoms with Gasteiger partial charge in [0, 0.05) is 25.8 Å². The minimum atomic E-state index is 0.670. The van der Waals surface area contributed by atoms with E-state index in [0.717, 1.165) is 43.7 Å². The number of likely N-dealkylation sites (tertiary alicyclic amines) is 1. The zero-order valence-corrected chi connectivity index (χ0v) is 14.0. The molecule has 1 aliphatic rings. The molecule has 21 heavy (non-hydrogen) atoms. The second-order valence-electron chi connectivity index (χ2n) is 7.09. The Labute approximate surface area is 129 Å². The van der Waals surface area contributed by atoms with Crippen LogP contribution in [0.1, 0.15) is 39.8 Å². The summed E-state index contributed by atoms with van der Waals surface area (Å²) >= 11 is 0. The van der Waals surface area contributed by atoms with Gasteiger partial charge in [0.05, 0.1) is 12.2 Å². The van der Waals surface area contributed by atoms with Gasteiger partial charge in [-0.05, 0) is 37.3 Å². The van der Waals surface area contributed by atoms with Gasteiger partial charge in [0.1, 0.15) is 0 Å². The molecule has 1 N–H and O–H groups in total. The standard InChI is InChI=1S/C16H31N5/c1-13(2)9-17-10-16-12-21(19-18-16)8-7-20-6-5-15(11-20)14(3)4/h12-15,17H,5-11H2,1-4H3. The van der Waals surface area contributed by atoms with Crippen LogP contribution in [0.4, 0.5) is 0 Å². The van der Waals surface area contributed by atoms with Crippen LogP contribution >= 0.6 is 0 Å². The minimum absolute atomic E-state index is 0.670. The Morgan fingerprint density at radius 1 is 1.29 bits per heavy atom. The van der Waals surface area contributed by atoms with E-state index in [4.69, 9.17) is 0 Å². The first-order chi connectivity index (χ1) is 10.0. The maximum absolute atomic E-state index is 4.23. The maximum atomic E-state index is 4.23. The number of hydrogen-bond acceptors (Lipinski definition) is 4. The Morgan fingerprint density at radius 2 is 2.10 bits per heavy atom. The fourth-order valence-electron chi connectivity index (χ4n) is 2.87. The lowest BCUT2D eigenvalue weighted by Gasteiger charge is -2.17. The van der Waals surface area contributed by atoms with E-state index in [0.29, 0.717) is 5.92 Å². The van der Waals surface area contributed by atoms with Crippen molar-refractivity contribution in [1.82, 2.24) is 25.2 Å². The second kappa shape index (κ2) is 7.90. The van der Waals surface area contributed by atoms with Crippen LogP contribution < -0.4 is 5.32 Å². The quantitative estimate of drug-likeness (QED) is 0.796. The molecule has 1 aromatic rings. The highest BCUT2D eigenvalue weighted by molar-refractivity contribution is 4.91. The Bertz CT molecular complexity index is 413. The molecule has 5 nitrogen and oxygen atoms in total. The van der Waals surface area contributed by atoms with Crippen molar-refractivity contribution in [3.8, 4) is 0 Å². The molecule has 2 rings (SSSR count). The highest BCUT2D eigenvalue weighted by Crippen LogP contribution is 2.23. The average molecular weight is 293 g/mol. The van der Waals surface area contributed by atoms with Gasteiger partial charge >= 0.3 is 0 Å². The summed E-state index contributed by atoms with van der Waals surface area (Å²) in [4.78, 5) is 2.56. The predicted molar refractivity (Wildman–Crippen MR) is 86.0 cm³/mol. The van der Waals surface area contributed by atoms with Crippen molar-refractivity contribution in [2.24, 2.45) is 17.8 Å². The summed E-state index contributed by atoms with van der Waals surface area (Å²) in [6.07, 6.45) is 3.42. The first-order valence-electron chi connectivity index (χ1n) is 8.36. The molecule has 120 valence electrons. The van der Waals surface area contributed by atoms with Gasteiger partial charge in [0.2, 0.25) is 0 Å². The fraction of sp³-hybridized carbons (Fsp3) is 0.875. The number of aromatic nitrogens is 3. The summed E-state index contributed by atoms with van der Waals surface area (Å²) in [6.45, 7) is 15.5. The SMILES string of the molecule is CC(C)CNCc1cn(CCN2CCC(C(C)C)C2)nn1. The first kappa shape index (κ1) is 16.4. The van der Waals surface area contributed by atoms with Gasteiger partial charge in [-0.15, -0.1) is 5.10 Å². The lowest BCUT2D eigenvalue weighted by molar-refractivity contribution is 0.286. The highest BCUT2D eigenvalue weighted by atomic mass is 15.4. The third kappa shape index (κ3) is 5.40. The monoisotopic (exact) mass is 293 g/mol. The normalized spacial score (nSPS) is 20.0. The number of nitrogens with zero attached hydrogens (tertiary/aromatic N) is 4. The highest BCUT2D eigenvalue weighted by Gasteiger charge is 2.24. The Balaban J connectivity index is 1.68. The van der Waals surface area contributed by atoms with Gasteiger partial charge in [-0.25, -0.2) is 0 Å². The topological polar surface area (TPSA) is 46.0 Å². The van der Waals surface area contributed by atoms with Crippen molar-refractivity contribution in [2.75, 3.05) is 26.2 Å². The lowest BCUT2D eigenvalue weighted by atomic mass is 9.95. The molecule has 0 aliphatic carbocycles. The summed E-state index contributed by atoms with van der Waals surface area (Å²) in [7, 11) is 0. The largest absolute Gasteiger partial charge is 0.311 e. The van der Waals surface area contributed by atoms with E-state index in [-0.39, 0.29) is 0 Å². The Morgan fingerprint density at radius 3 is 2.76 bits per heavy atom. The van der Waals surface area contributed by atoms with Crippen LogP contribution in [-0.2, 0) is 13.1 Å². The van der Waals surface area contributed by atoms with Gasteiger partial charge in [-0.3, -0.25) is 4.68 Å². The summed E-state index contributed by atoms with van der Waals surface area (Å²) in [5.74, 6) is 2.35. The van der Waals surface area contributed by atoms with Crippen molar-refractivity contribution in [1.29, 1.82) is 0 Å². The molecule has 0 amide bonds. The van der Waals surface area contributed by atoms with Crippen molar-refractivity contribution >= 4 is 0 Å². The van der Waals surface area contributed by atoms with Gasteiger partial charge in [-0.1, -0.05) is 32.9 Å². The average Bonchev–Trinajstić information content (AvgIpc) is 3.04. The van der Waals surface area contributed by atoms with Crippen LogP contribution in [0.3, 0.4) is 0 Å². The minimum Gasteiger partial charge on any atom is -0.311 e. The number of rotatable bonds is 8. The van der Waals surface area contributed by atoms with Gasteiger partial charge in [-0.2, -0.15) is 0 Å². The van der Waals surface area contributed by atoms with E-state index in [1.54, 1.807) is 0 Å². The zero-order valence-electron chi connectivity index (χ0n) is 14.0. The molecule has 1 fully saturated rings. The Kier molecular flexibility index (Phi) is 6.18. The van der Waals surface area contributed by atoms with E-state index >= 15 is 0 Å². The third-order valence-electron chi connectivity index (χ3n) is 4.34. The molecular weight excluding hydrogens is 262 g/mol. The van der Waals surface area contributed by atoms with Crippen LogP contribution in [0.5, 0.6) is 0 Å². The molecule has 0 aromatic carbocycles. The van der Waals surface area contributed by atoms with Crippen LogP contribution in [0, 0.1) is 17.8 Å². The molecule has 1 aromatic heterocycles. The molecule has 0 radical (unpaired) electrons. The van der Waals surface area contributed by atoms with Crippen molar-refractivity contribution in [3.63, 3.8) is 0 Å². The molecule has 1 atom stereocenters. The van der Waals surface area contributed by atoms with Crippen LogP contribution in [-0.4, -0.2) is 46.1 Å². The lowest BCUT2D eigenvalue weighted by Crippen LogP contribution is -2.26. The number of nitrogens with one attached hydrogen (secondary N) is 1. The zero-order chi connectivity index (χ0) is 15.2. The van der Waals surface area contributed by atoms with E-state index in [2.05, 4.69) is 54.4 Å². The maximum Gasteiger partial charge on any atom is 0.0964 e. The Hall–Kier alpha value is -0.940. The summed E-state index contributed by atoms with van der Waals surface area (Å²) < 4.78 is 1.98. The van der Waals surface area contributed by atoms with Crippen LogP contribution in [0.25, 0.3) is 0 Å². The van der Waals surface area contributed by atoms with E-state index in [1.165, 1.54) is 19.5 Å². The predicted octanol–water partition coefficient (Wildman–Crippen LogP) is 2.00. The first-order valence-corrected chi connectivity index (χ1v) is 8.36. The summed E-state index contributed by atoms with van der Waals surface area (Å²) in [6, 6.07) is 0. The van der Waals surface area contributed by atoms with Crippen molar-refractivity contribution in [3.05, 3.63) is 11.9 Å². The molecule has 2 heterocycles. The molecule has 1 aliphatic heterocycles. The van der Waals surface area contributed by atoms with Gasteiger partial charge in [0.25, 0.3) is 0 Å². The van der Waals surface area contributed by atoms with Crippen molar-refractivity contribution < 1.29 is 0 Å². The van der Waals surface area contributed by atoms with Crippen molar-refractivity contribution in [2.45, 2.75) is 47.2 Å². The second-order valence-corrected chi connectivity index (χ2v) is 7.09. The molecule has 1 saturated heterocycles. The molecular formula is C16H31N5. The third-order valence-corrected chi connectivity index (χ3v) is 4.34. The summed E-state index contributed by atoms with van der Waals surface area (Å²) in [5.41, 5.74) is 1.04. The van der Waals surface area contributed by atoms with E-state index < -0.39 is 0 Å². The van der Waals surface area contributed by atoms with Crippen LogP contribution in [0.2, 0.25) is 0 Å². The smallest absolute Gasteiger partial charge is 0.0964 e. The molecule has 0 saturated carbocycles. The number of hydrogen-bond donors (Lipinski definition) is 1. The van der Waals surface area contributed by atoms with E-state index in [9.17, 15) is 0 Å². The molecule has 5 heteroatoms. The van der Waals surface area contributed by atoms with Gasteiger partial charge in [0.15, 0.2) is 0 Å². The molecule has 0 spiro atoms.